The predicted octanol–water partition coefficient (Wildman–Crippen LogP) is 4.33. The minimum atomic E-state index is -0.277. The molecule has 0 saturated heterocycles. The van der Waals surface area contributed by atoms with Crippen LogP contribution in [0, 0.1) is 12.7 Å². The van der Waals surface area contributed by atoms with Gasteiger partial charge in [0.15, 0.2) is 0 Å². The average Bonchev–Trinajstić information content (AvgIpc) is 2.75. The third-order valence-electron chi connectivity index (χ3n) is 2.97. The summed E-state index contributed by atoms with van der Waals surface area (Å²) >= 11 is 6.09. The molecule has 3 rings (SSSR count). The molecule has 0 aliphatic heterocycles. The Morgan fingerprint density at radius 2 is 2.06 bits per heavy atom. The minimum Gasteiger partial charge on any atom is -0.338 e. The van der Waals surface area contributed by atoms with Gasteiger partial charge in [0, 0.05) is 10.6 Å². The van der Waals surface area contributed by atoms with Gasteiger partial charge in [-0.3, -0.25) is 0 Å². The highest BCUT2D eigenvalue weighted by molar-refractivity contribution is 6.31. The fraction of sp³-hybridized carbons (Fsp3) is 0.0714. The van der Waals surface area contributed by atoms with Crippen molar-refractivity contribution in [3.8, 4) is 11.4 Å². The highest BCUT2D eigenvalue weighted by Gasteiger charge is 2.09. The largest absolute Gasteiger partial charge is 0.338 e. The van der Waals surface area contributed by atoms with Crippen LogP contribution in [0.2, 0.25) is 5.02 Å². The molecule has 1 heterocycles. The van der Waals surface area contributed by atoms with Crippen LogP contribution < -0.4 is 0 Å². The molecular formula is C14H10ClFN2. The van der Waals surface area contributed by atoms with Gasteiger partial charge in [-0.25, -0.2) is 9.37 Å². The molecule has 0 fully saturated rings. The van der Waals surface area contributed by atoms with Crippen LogP contribution in [0.4, 0.5) is 4.39 Å². The summed E-state index contributed by atoms with van der Waals surface area (Å²) < 4.78 is 13.1. The first kappa shape index (κ1) is 11.2. The third-order valence-corrected chi connectivity index (χ3v) is 3.38. The molecule has 0 atom stereocenters. The maximum absolute atomic E-state index is 13.1. The van der Waals surface area contributed by atoms with E-state index < -0.39 is 0 Å². The second kappa shape index (κ2) is 4.10. The Morgan fingerprint density at radius 3 is 2.89 bits per heavy atom. The van der Waals surface area contributed by atoms with Crippen molar-refractivity contribution >= 4 is 22.6 Å². The number of aromatic amines is 1. The molecule has 1 N–H and O–H groups in total. The zero-order chi connectivity index (χ0) is 12.7. The number of fused-ring (bicyclic) bond motifs is 1. The van der Waals surface area contributed by atoms with Gasteiger partial charge in [0.1, 0.15) is 11.6 Å². The number of nitrogens with zero attached hydrogens (tertiary/aromatic N) is 1. The Kier molecular flexibility index (Phi) is 2.56. The fourth-order valence-electron chi connectivity index (χ4n) is 1.97. The standard InChI is InChI=1S/C14H10ClFN2/c1-8-10(3-2-4-11(8)15)14-17-12-6-5-9(16)7-13(12)18-14/h2-7H,1H3,(H,17,18). The van der Waals surface area contributed by atoms with Crippen molar-refractivity contribution in [3.05, 3.63) is 52.8 Å². The minimum absolute atomic E-state index is 0.277. The molecule has 4 heteroatoms. The highest BCUT2D eigenvalue weighted by Crippen LogP contribution is 2.28. The van der Waals surface area contributed by atoms with Crippen LogP contribution in [-0.4, -0.2) is 9.97 Å². The van der Waals surface area contributed by atoms with Crippen LogP contribution in [-0.2, 0) is 0 Å². The summed E-state index contributed by atoms with van der Waals surface area (Å²) in [6.07, 6.45) is 0. The number of aromatic nitrogens is 2. The van der Waals surface area contributed by atoms with Crippen LogP contribution in [0.3, 0.4) is 0 Å². The summed E-state index contributed by atoms with van der Waals surface area (Å²) in [4.78, 5) is 7.56. The molecule has 0 aliphatic rings. The molecule has 0 bridgehead atoms. The van der Waals surface area contributed by atoms with Crippen molar-refractivity contribution in [3.63, 3.8) is 0 Å². The first-order chi connectivity index (χ1) is 8.65. The first-order valence-corrected chi connectivity index (χ1v) is 5.94. The Balaban J connectivity index is 2.22. The Morgan fingerprint density at radius 1 is 1.22 bits per heavy atom. The van der Waals surface area contributed by atoms with Gasteiger partial charge in [0.25, 0.3) is 0 Å². The number of benzene rings is 2. The second-order valence-corrected chi connectivity index (χ2v) is 4.57. The number of nitrogens with one attached hydrogen (secondary N) is 1. The van der Waals surface area contributed by atoms with E-state index in [4.69, 9.17) is 11.6 Å². The summed E-state index contributed by atoms with van der Waals surface area (Å²) in [5.74, 6) is 0.427. The first-order valence-electron chi connectivity index (χ1n) is 5.56. The Labute approximate surface area is 108 Å². The van der Waals surface area contributed by atoms with Crippen molar-refractivity contribution in [1.82, 2.24) is 9.97 Å². The maximum Gasteiger partial charge on any atom is 0.138 e. The van der Waals surface area contributed by atoms with Crippen molar-refractivity contribution < 1.29 is 4.39 Å². The fourth-order valence-corrected chi connectivity index (χ4v) is 2.15. The van der Waals surface area contributed by atoms with Crippen molar-refractivity contribution in [1.29, 1.82) is 0 Å². The zero-order valence-electron chi connectivity index (χ0n) is 9.67. The predicted molar refractivity (Wildman–Crippen MR) is 71.2 cm³/mol. The van der Waals surface area contributed by atoms with Crippen LogP contribution in [0.5, 0.6) is 0 Å². The van der Waals surface area contributed by atoms with E-state index in [1.54, 1.807) is 6.07 Å². The molecule has 0 aliphatic carbocycles. The molecule has 90 valence electrons. The average molecular weight is 261 g/mol. The molecule has 0 radical (unpaired) electrons. The molecule has 3 aromatic rings. The van der Waals surface area contributed by atoms with Gasteiger partial charge in [-0.15, -0.1) is 0 Å². The number of imidazole rings is 1. The molecule has 1 aromatic heterocycles. The van der Waals surface area contributed by atoms with E-state index in [9.17, 15) is 4.39 Å². The van der Waals surface area contributed by atoms with E-state index in [1.807, 2.05) is 25.1 Å². The van der Waals surface area contributed by atoms with Crippen LogP contribution >= 0.6 is 11.6 Å². The number of H-pyrrole nitrogens is 1. The van der Waals surface area contributed by atoms with Gasteiger partial charge < -0.3 is 4.98 Å². The van der Waals surface area contributed by atoms with E-state index in [-0.39, 0.29) is 5.82 Å². The molecular weight excluding hydrogens is 251 g/mol. The number of rotatable bonds is 1. The van der Waals surface area contributed by atoms with Gasteiger partial charge in [-0.2, -0.15) is 0 Å². The molecule has 2 nitrogen and oxygen atoms in total. The molecule has 0 amide bonds. The van der Waals surface area contributed by atoms with Crippen molar-refractivity contribution in [2.75, 3.05) is 0 Å². The van der Waals surface area contributed by atoms with E-state index in [0.717, 1.165) is 16.6 Å². The Hall–Kier alpha value is -1.87. The van der Waals surface area contributed by atoms with E-state index >= 15 is 0 Å². The van der Waals surface area contributed by atoms with E-state index in [2.05, 4.69) is 9.97 Å². The second-order valence-electron chi connectivity index (χ2n) is 4.16. The maximum atomic E-state index is 13.1. The van der Waals surface area contributed by atoms with Crippen molar-refractivity contribution in [2.24, 2.45) is 0 Å². The number of halogens is 2. The van der Waals surface area contributed by atoms with Crippen molar-refractivity contribution in [2.45, 2.75) is 6.92 Å². The SMILES string of the molecule is Cc1c(Cl)cccc1-c1nc2ccc(F)cc2[nH]1. The molecule has 18 heavy (non-hydrogen) atoms. The topological polar surface area (TPSA) is 28.7 Å². The van der Waals surface area contributed by atoms with Gasteiger partial charge in [-0.05, 0) is 36.8 Å². The zero-order valence-corrected chi connectivity index (χ0v) is 10.4. The lowest BCUT2D eigenvalue weighted by molar-refractivity contribution is 0.629. The quantitative estimate of drug-likeness (QED) is 0.693. The van der Waals surface area contributed by atoms with Crippen LogP contribution in [0.25, 0.3) is 22.4 Å². The lowest BCUT2D eigenvalue weighted by Crippen LogP contribution is -1.85. The van der Waals surface area contributed by atoms with Gasteiger partial charge in [0.2, 0.25) is 0 Å². The normalized spacial score (nSPS) is 11.1. The summed E-state index contributed by atoms with van der Waals surface area (Å²) in [5, 5.41) is 0.694. The molecule has 2 aromatic carbocycles. The summed E-state index contributed by atoms with van der Waals surface area (Å²) in [6, 6.07) is 10.1. The number of hydrogen-bond donors (Lipinski definition) is 1. The van der Waals surface area contributed by atoms with Crippen LogP contribution in [0.15, 0.2) is 36.4 Å². The van der Waals surface area contributed by atoms with Gasteiger partial charge in [0.05, 0.1) is 11.0 Å². The highest BCUT2D eigenvalue weighted by atomic mass is 35.5. The van der Waals surface area contributed by atoms with Gasteiger partial charge >= 0.3 is 0 Å². The van der Waals surface area contributed by atoms with Gasteiger partial charge in [-0.1, -0.05) is 23.7 Å². The number of hydrogen-bond acceptors (Lipinski definition) is 1. The summed E-state index contributed by atoms with van der Waals surface area (Å²) in [6.45, 7) is 1.94. The van der Waals surface area contributed by atoms with E-state index in [0.29, 0.717) is 16.4 Å². The van der Waals surface area contributed by atoms with Crippen LogP contribution in [0.1, 0.15) is 5.56 Å². The molecule has 0 unspecified atom stereocenters. The smallest absolute Gasteiger partial charge is 0.138 e. The molecule has 0 saturated carbocycles. The lowest BCUT2D eigenvalue weighted by Gasteiger charge is -2.03. The Bertz CT molecular complexity index is 734. The monoisotopic (exact) mass is 260 g/mol. The summed E-state index contributed by atoms with van der Waals surface area (Å²) in [5.41, 5.74) is 3.31. The van der Waals surface area contributed by atoms with E-state index in [1.165, 1.54) is 12.1 Å². The third kappa shape index (κ3) is 1.77. The molecule has 0 spiro atoms. The summed E-state index contributed by atoms with van der Waals surface area (Å²) in [7, 11) is 0. The lowest BCUT2D eigenvalue weighted by atomic mass is 10.1.